The van der Waals surface area contributed by atoms with E-state index in [-0.39, 0.29) is 17.1 Å². The van der Waals surface area contributed by atoms with Gasteiger partial charge in [-0.2, -0.15) is 0 Å². The average Bonchev–Trinajstić information content (AvgIpc) is 2.80. The summed E-state index contributed by atoms with van der Waals surface area (Å²) in [6.45, 7) is 1.35. The van der Waals surface area contributed by atoms with Crippen molar-refractivity contribution in [2.45, 2.75) is 13.0 Å². The van der Waals surface area contributed by atoms with E-state index in [1.165, 1.54) is 19.2 Å². The average molecular weight is 484 g/mol. The predicted molar refractivity (Wildman–Crippen MR) is 129 cm³/mol. The molecule has 0 aliphatic carbocycles. The quantitative estimate of drug-likeness (QED) is 0.367. The van der Waals surface area contributed by atoms with Crippen LogP contribution in [0.5, 0.6) is 5.75 Å². The van der Waals surface area contributed by atoms with Gasteiger partial charge in [-0.3, -0.25) is 19.2 Å². The minimum atomic E-state index is -3.99. The highest BCUT2D eigenvalue weighted by atomic mass is 32.2. The maximum Gasteiger partial charge on any atom is 0.271 e. The predicted octanol–water partition coefficient (Wildman–Crippen LogP) is 3.58. The molecule has 0 spiro atoms. The number of ether oxygens (including phenoxy) is 1. The lowest BCUT2D eigenvalue weighted by Crippen LogP contribution is -2.42. The smallest absolute Gasteiger partial charge is 0.271 e. The number of nitrogens with zero attached hydrogens (tertiary/aromatic N) is 2. The Morgan fingerprint density at radius 1 is 1.06 bits per heavy atom. The summed E-state index contributed by atoms with van der Waals surface area (Å²) in [4.78, 5) is 23.7. The van der Waals surface area contributed by atoms with Gasteiger partial charge in [0.05, 0.1) is 24.3 Å². The Balaban J connectivity index is 1.97. The van der Waals surface area contributed by atoms with Crippen molar-refractivity contribution in [1.29, 1.82) is 0 Å². The standard InChI is InChI=1S/C24H25N3O6S/c1-17-8-7-11-19(14-17)24(18-9-5-4-6-10-18)25-23(28)16-26(34(3,31)32)21-15-20(27(29)30)12-13-22(21)33-2/h4-15,24H,16H2,1-3H3,(H,25,28). The zero-order valence-corrected chi connectivity index (χ0v) is 19.8. The number of non-ortho nitro benzene ring substituents is 1. The highest BCUT2D eigenvalue weighted by molar-refractivity contribution is 7.92. The van der Waals surface area contributed by atoms with Gasteiger partial charge in [0.1, 0.15) is 18.0 Å². The molecule has 3 aromatic carbocycles. The van der Waals surface area contributed by atoms with Crippen molar-refractivity contribution in [3.05, 3.63) is 99.6 Å². The van der Waals surface area contributed by atoms with Crippen LogP contribution in [0.25, 0.3) is 0 Å². The van der Waals surface area contributed by atoms with Gasteiger partial charge in [-0.05, 0) is 24.1 Å². The van der Waals surface area contributed by atoms with E-state index in [1.807, 2.05) is 61.5 Å². The molecular weight excluding hydrogens is 458 g/mol. The minimum absolute atomic E-state index is 0.0853. The third kappa shape index (κ3) is 5.90. The Morgan fingerprint density at radius 3 is 2.32 bits per heavy atom. The number of hydrogen-bond acceptors (Lipinski definition) is 6. The van der Waals surface area contributed by atoms with E-state index in [0.29, 0.717) is 0 Å². The number of carbonyl (C=O) groups excluding carboxylic acids is 1. The first kappa shape index (κ1) is 24.7. The van der Waals surface area contributed by atoms with Crippen LogP contribution in [0.15, 0.2) is 72.8 Å². The molecule has 1 amide bonds. The summed E-state index contributed by atoms with van der Waals surface area (Å²) >= 11 is 0. The molecule has 34 heavy (non-hydrogen) atoms. The highest BCUT2D eigenvalue weighted by Crippen LogP contribution is 2.33. The van der Waals surface area contributed by atoms with Gasteiger partial charge in [-0.25, -0.2) is 8.42 Å². The molecule has 9 nitrogen and oxygen atoms in total. The molecule has 0 radical (unpaired) electrons. The fraction of sp³-hybridized carbons (Fsp3) is 0.208. The number of nitro benzene ring substituents is 1. The number of hydrogen-bond donors (Lipinski definition) is 1. The number of nitrogens with one attached hydrogen (secondary N) is 1. The van der Waals surface area contributed by atoms with Gasteiger partial charge in [-0.15, -0.1) is 0 Å². The number of carbonyl (C=O) groups is 1. The van der Waals surface area contributed by atoms with Crippen LogP contribution in [0.3, 0.4) is 0 Å². The van der Waals surface area contributed by atoms with Gasteiger partial charge >= 0.3 is 0 Å². The number of anilines is 1. The lowest BCUT2D eigenvalue weighted by Gasteiger charge is -2.26. The number of benzene rings is 3. The Kier molecular flexibility index (Phi) is 7.52. The summed E-state index contributed by atoms with van der Waals surface area (Å²) in [5, 5.41) is 14.2. The summed E-state index contributed by atoms with van der Waals surface area (Å²) in [5.41, 5.74) is 2.23. The maximum absolute atomic E-state index is 13.1. The lowest BCUT2D eigenvalue weighted by atomic mass is 9.97. The lowest BCUT2D eigenvalue weighted by molar-refractivity contribution is -0.384. The van der Waals surface area contributed by atoms with Crippen LogP contribution in [0, 0.1) is 17.0 Å². The molecule has 0 aliphatic rings. The van der Waals surface area contributed by atoms with Crippen molar-refractivity contribution in [2.24, 2.45) is 0 Å². The Labute approximate surface area is 198 Å². The SMILES string of the molecule is COc1ccc([N+](=O)[O-])cc1N(CC(=O)NC(c1ccccc1)c1cccc(C)c1)S(C)(=O)=O. The van der Waals surface area contributed by atoms with Crippen molar-refractivity contribution in [2.75, 3.05) is 24.2 Å². The van der Waals surface area contributed by atoms with Gasteiger partial charge < -0.3 is 10.1 Å². The first-order chi connectivity index (χ1) is 16.1. The molecule has 1 unspecified atom stereocenters. The normalized spacial score (nSPS) is 12.0. The zero-order valence-electron chi connectivity index (χ0n) is 19.0. The summed E-state index contributed by atoms with van der Waals surface area (Å²) in [5.74, 6) is -0.503. The van der Waals surface area contributed by atoms with E-state index in [4.69, 9.17) is 4.74 Å². The van der Waals surface area contributed by atoms with Crippen molar-refractivity contribution < 1.29 is 22.9 Å². The van der Waals surface area contributed by atoms with Gasteiger partial charge in [0.25, 0.3) is 5.69 Å². The summed E-state index contributed by atoms with van der Waals surface area (Å²) in [6, 6.07) is 20.0. The second-order valence-electron chi connectivity index (χ2n) is 7.71. The summed E-state index contributed by atoms with van der Waals surface area (Å²) in [6.07, 6.45) is 0.924. The van der Waals surface area contributed by atoms with E-state index in [1.54, 1.807) is 0 Å². The van der Waals surface area contributed by atoms with Crippen LogP contribution >= 0.6 is 0 Å². The van der Waals surface area contributed by atoms with E-state index in [9.17, 15) is 23.3 Å². The molecular formula is C24H25N3O6S. The first-order valence-electron chi connectivity index (χ1n) is 10.3. The van der Waals surface area contributed by atoms with E-state index in [2.05, 4.69) is 5.32 Å². The second kappa shape index (κ2) is 10.3. The number of methoxy groups -OCH3 is 1. The van der Waals surface area contributed by atoms with Crippen molar-refractivity contribution in [1.82, 2.24) is 5.32 Å². The minimum Gasteiger partial charge on any atom is -0.495 e. The Bertz CT molecular complexity index is 1300. The fourth-order valence-electron chi connectivity index (χ4n) is 3.56. The van der Waals surface area contributed by atoms with E-state index >= 15 is 0 Å². The molecule has 178 valence electrons. The number of aryl methyl sites for hydroxylation is 1. The highest BCUT2D eigenvalue weighted by Gasteiger charge is 2.27. The van der Waals surface area contributed by atoms with Crippen LogP contribution in [-0.4, -0.2) is 39.2 Å². The molecule has 0 saturated heterocycles. The molecule has 0 heterocycles. The third-order valence-electron chi connectivity index (χ3n) is 5.14. The number of nitro groups is 1. The van der Waals surface area contributed by atoms with Crippen LogP contribution in [0.1, 0.15) is 22.7 Å². The van der Waals surface area contributed by atoms with Gasteiger partial charge in [-0.1, -0.05) is 60.2 Å². The van der Waals surface area contributed by atoms with E-state index in [0.717, 1.165) is 33.3 Å². The van der Waals surface area contributed by atoms with Crippen molar-refractivity contribution >= 4 is 27.3 Å². The van der Waals surface area contributed by atoms with Crippen LogP contribution in [0.2, 0.25) is 0 Å². The third-order valence-corrected chi connectivity index (χ3v) is 6.27. The fourth-order valence-corrected chi connectivity index (χ4v) is 4.41. The molecule has 0 saturated carbocycles. The van der Waals surface area contributed by atoms with Gasteiger partial charge in [0.2, 0.25) is 15.9 Å². The molecule has 0 aromatic heterocycles. The van der Waals surface area contributed by atoms with Crippen LogP contribution < -0.4 is 14.4 Å². The van der Waals surface area contributed by atoms with Crippen LogP contribution in [-0.2, 0) is 14.8 Å². The molecule has 3 aromatic rings. The monoisotopic (exact) mass is 483 g/mol. The number of sulfonamides is 1. The summed E-state index contributed by atoms with van der Waals surface area (Å²) < 4.78 is 31.2. The molecule has 0 bridgehead atoms. The maximum atomic E-state index is 13.1. The van der Waals surface area contributed by atoms with E-state index < -0.39 is 33.4 Å². The zero-order chi connectivity index (χ0) is 24.9. The molecule has 0 fully saturated rings. The van der Waals surface area contributed by atoms with Gasteiger partial charge in [0, 0.05) is 12.1 Å². The Morgan fingerprint density at radius 2 is 1.74 bits per heavy atom. The molecule has 1 N–H and O–H groups in total. The van der Waals surface area contributed by atoms with Gasteiger partial charge in [0.15, 0.2) is 0 Å². The molecule has 3 rings (SSSR count). The van der Waals surface area contributed by atoms with Crippen LogP contribution in [0.4, 0.5) is 11.4 Å². The molecule has 1 atom stereocenters. The first-order valence-corrected chi connectivity index (χ1v) is 12.2. The molecule has 10 heteroatoms. The van der Waals surface area contributed by atoms with Crippen molar-refractivity contribution in [3.8, 4) is 5.75 Å². The Hall–Kier alpha value is -3.92. The summed E-state index contributed by atoms with van der Waals surface area (Å²) in [7, 11) is -2.68. The second-order valence-corrected chi connectivity index (χ2v) is 9.62. The molecule has 0 aliphatic heterocycles. The number of rotatable bonds is 9. The largest absolute Gasteiger partial charge is 0.495 e. The topological polar surface area (TPSA) is 119 Å². The van der Waals surface area contributed by atoms with Crippen molar-refractivity contribution in [3.63, 3.8) is 0 Å². The number of amides is 1.